The molecule has 64 valence electrons. The lowest BCUT2D eigenvalue weighted by Crippen LogP contribution is -2.03. The molecule has 0 heterocycles. The Kier molecular flexibility index (Phi) is 19.9. The van der Waals surface area contributed by atoms with Crippen molar-refractivity contribution in [2.75, 3.05) is 33.5 Å². The van der Waals surface area contributed by atoms with E-state index >= 15 is 0 Å². The quantitative estimate of drug-likeness (QED) is 0.254. The molecule has 4 N–H and O–H groups in total. The van der Waals surface area contributed by atoms with Crippen molar-refractivity contribution in [3.63, 3.8) is 0 Å². The molecule has 0 spiro atoms. The third-order valence-corrected chi connectivity index (χ3v) is 0.433. The number of hydrogen-bond acceptors (Lipinski definition) is 5. The standard InChI is InChI=1S/C4H10O4.CH5N/c5-1-3-7-8-4-2-6;1-2/h5-6H,1-4H2;2H2,1H3. The van der Waals surface area contributed by atoms with Gasteiger partial charge in [0, 0.05) is 0 Å². The molecule has 0 aliphatic carbocycles. The molecule has 10 heavy (non-hydrogen) atoms. The SMILES string of the molecule is CN.OCCOOCCO. The van der Waals surface area contributed by atoms with Crippen LogP contribution >= 0.6 is 0 Å². The normalized spacial score (nSPS) is 8.40. The van der Waals surface area contributed by atoms with Crippen molar-refractivity contribution in [3.05, 3.63) is 0 Å². The van der Waals surface area contributed by atoms with Gasteiger partial charge in [-0.3, -0.25) is 0 Å². The van der Waals surface area contributed by atoms with Crippen molar-refractivity contribution in [1.29, 1.82) is 0 Å². The minimum atomic E-state index is -0.0641. The van der Waals surface area contributed by atoms with Gasteiger partial charge in [0.05, 0.1) is 13.2 Å². The van der Waals surface area contributed by atoms with Crippen LogP contribution in [0.2, 0.25) is 0 Å². The van der Waals surface area contributed by atoms with Crippen LogP contribution in [0.5, 0.6) is 0 Å². The number of aliphatic hydroxyl groups excluding tert-OH is 2. The highest BCUT2D eigenvalue weighted by Gasteiger charge is 1.83. The van der Waals surface area contributed by atoms with E-state index in [9.17, 15) is 0 Å². The van der Waals surface area contributed by atoms with E-state index < -0.39 is 0 Å². The second-order valence-electron chi connectivity index (χ2n) is 1.09. The van der Waals surface area contributed by atoms with Crippen LogP contribution in [0.1, 0.15) is 0 Å². The van der Waals surface area contributed by atoms with Gasteiger partial charge in [0.25, 0.3) is 0 Å². The number of nitrogens with two attached hydrogens (primary N) is 1. The first-order valence-corrected chi connectivity index (χ1v) is 2.95. The van der Waals surface area contributed by atoms with Crippen molar-refractivity contribution in [1.82, 2.24) is 0 Å². The maximum Gasteiger partial charge on any atom is 0.105 e. The van der Waals surface area contributed by atoms with E-state index in [2.05, 4.69) is 15.5 Å². The zero-order valence-electron chi connectivity index (χ0n) is 6.12. The van der Waals surface area contributed by atoms with E-state index in [0.717, 1.165) is 0 Å². The summed E-state index contributed by atoms with van der Waals surface area (Å²) in [6.45, 7) is 0.177. The van der Waals surface area contributed by atoms with Crippen LogP contribution in [0.15, 0.2) is 0 Å². The molecule has 0 amide bonds. The van der Waals surface area contributed by atoms with Crippen LogP contribution < -0.4 is 5.73 Å². The van der Waals surface area contributed by atoms with E-state index in [4.69, 9.17) is 10.2 Å². The van der Waals surface area contributed by atoms with E-state index in [1.165, 1.54) is 7.05 Å². The lowest BCUT2D eigenvalue weighted by molar-refractivity contribution is -0.300. The highest BCUT2D eigenvalue weighted by Crippen LogP contribution is 1.74. The van der Waals surface area contributed by atoms with Crippen LogP contribution in [0, 0.1) is 0 Å². The highest BCUT2D eigenvalue weighted by molar-refractivity contribution is 4.15. The fourth-order valence-corrected chi connectivity index (χ4v) is 0.192. The van der Waals surface area contributed by atoms with E-state index in [-0.39, 0.29) is 26.4 Å². The Labute approximate surface area is 60.3 Å². The monoisotopic (exact) mass is 153 g/mol. The average Bonchev–Trinajstić information content (AvgIpc) is 2.02. The van der Waals surface area contributed by atoms with Crippen LogP contribution in [0.4, 0.5) is 0 Å². The Morgan fingerprint density at radius 1 is 1.00 bits per heavy atom. The summed E-state index contributed by atoms with van der Waals surface area (Å²) in [4.78, 5) is 8.63. The lowest BCUT2D eigenvalue weighted by atomic mass is 10.8. The molecule has 0 saturated heterocycles. The molecule has 0 aromatic heterocycles. The first kappa shape index (κ1) is 12.5. The minimum absolute atomic E-state index is 0.0641. The average molecular weight is 153 g/mol. The predicted octanol–water partition coefficient (Wildman–Crippen LogP) is -1.51. The third-order valence-electron chi connectivity index (χ3n) is 0.433. The van der Waals surface area contributed by atoms with Crippen LogP contribution in [-0.4, -0.2) is 43.7 Å². The maximum atomic E-state index is 8.10. The van der Waals surface area contributed by atoms with E-state index in [1.807, 2.05) is 0 Å². The van der Waals surface area contributed by atoms with E-state index in [0.29, 0.717) is 0 Å². The highest BCUT2D eigenvalue weighted by atomic mass is 17.2. The fraction of sp³-hybridized carbons (Fsp3) is 1.00. The van der Waals surface area contributed by atoms with Crippen molar-refractivity contribution in [2.45, 2.75) is 0 Å². The third kappa shape index (κ3) is 15.7. The van der Waals surface area contributed by atoms with Gasteiger partial charge in [-0.15, -0.1) is 0 Å². The lowest BCUT2D eigenvalue weighted by Gasteiger charge is -1.97. The zero-order valence-corrected chi connectivity index (χ0v) is 6.12. The molecule has 0 rings (SSSR count). The molecule has 5 nitrogen and oxygen atoms in total. The van der Waals surface area contributed by atoms with Crippen molar-refractivity contribution < 1.29 is 20.0 Å². The molecule has 0 saturated carbocycles. The molecular weight excluding hydrogens is 138 g/mol. The Hall–Kier alpha value is -0.200. The number of hydrogen-bond donors (Lipinski definition) is 3. The summed E-state index contributed by atoms with van der Waals surface area (Å²) < 4.78 is 0. The molecule has 0 aliphatic rings. The summed E-state index contributed by atoms with van der Waals surface area (Å²) in [7, 11) is 1.50. The molecule has 0 aromatic rings. The van der Waals surface area contributed by atoms with Gasteiger partial charge in [0.15, 0.2) is 0 Å². The largest absolute Gasteiger partial charge is 0.394 e. The predicted molar refractivity (Wildman–Crippen MR) is 36.2 cm³/mol. The summed E-state index contributed by atoms with van der Waals surface area (Å²) in [6.07, 6.45) is 0. The molecule has 0 aromatic carbocycles. The summed E-state index contributed by atoms with van der Waals surface area (Å²) in [5, 5.41) is 16.2. The summed E-state index contributed by atoms with van der Waals surface area (Å²) in [5.41, 5.74) is 4.50. The number of rotatable bonds is 5. The van der Waals surface area contributed by atoms with Gasteiger partial charge in [-0.1, -0.05) is 0 Å². The zero-order chi connectivity index (χ0) is 8.24. The fourth-order valence-electron chi connectivity index (χ4n) is 0.192. The Balaban J connectivity index is 0. The Morgan fingerprint density at radius 2 is 1.30 bits per heavy atom. The summed E-state index contributed by atoms with van der Waals surface area (Å²) in [5.74, 6) is 0. The van der Waals surface area contributed by atoms with Crippen LogP contribution in [-0.2, 0) is 9.78 Å². The molecule has 0 radical (unpaired) electrons. The van der Waals surface area contributed by atoms with E-state index in [1.54, 1.807) is 0 Å². The molecule has 5 heteroatoms. The van der Waals surface area contributed by atoms with Crippen molar-refractivity contribution in [2.24, 2.45) is 5.73 Å². The Morgan fingerprint density at radius 3 is 1.50 bits per heavy atom. The van der Waals surface area contributed by atoms with Crippen molar-refractivity contribution >= 4 is 0 Å². The van der Waals surface area contributed by atoms with Gasteiger partial charge in [-0.25, -0.2) is 9.78 Å². The number of aliphatic hydroxyl groups is 2. The topological polar surface area (TPSA) is 84.9 Å². The first-order valence-electron chi connectivity index (χ1n) is 2.95. The second kappa shape index (κ2) is 15.9. The summed E-state index contributed by atoms with van der Waals surface area (Å²) in [6, 6.07) is 0. The molecule has 0 aliphatic heterocycles. The van der Waals surface area contributed by atoms with Crippen molar-refractivity contribution in [3.8, 4) is 0 Å². The smallest absolute Gasteiger partial charge is 0.105 e. The van der Waals surface area contributed by atoms with Gasteiger partial charge in [0.2, 0.25) is 0 Å². The summed E-state index contributed by atoms with van der Waals surface area (Å²) >= 11 is 0. The molecule has 0 atom stereocenters. The van der Waals surface area contributed by atoms with Crippen LogP contribution in [0.25, 0.3) is 0 Å². The molecule has 0 fully saturated rings. The molecular formula is C5H15NO4. The van der Waals surface area contributed by atoms with Gasteiger partial charge in [-0.05, 0) is 7.05 Å². The van der Waals surface area contributed by atoms with Gasteiger partial charge in [-0.2, -0.15) is 0 Å². The van der Waals surface area contributed by atoms with Crippen LogP contribution in [0.3, 0.4) is 0 Å². The minimum Gasteiger partial charge on any atom is -0.394 e. The maximum absolute atomic E-state index is 8.10. The molecule has 0 unspecified atom stereocenters. The van der Waals surface area contributed by atoms with Gasteiger partial charge >= 0.3 is 0 Å². The van der Waals surface area contributed by atoms with Gasteiger partial charge < -0.3 is 15.9 Å². The first-order chi connectivity index (χ1) is 4.91. The second-order valence-corrected chi connectivity index (χ2v) is 1.09. The van der Waals surface area contributed by atoms with Gasteiger partial charge in [0.1, 0.15) is 13.2 Å². The molecule has 0 bridgehead atoms. The Bertz CT molecular complexity index is 38.6.